The van der Waals surface area contributed by atoms with Crippen molar-refractivity contribution < 1.29 is 26.3 Å². The molecule has 0 aliphatic heterocycles. The summed E-state index contributed by atoms with van der Waals surface area (Å²) in [5.74, 6) is -1.43. The third-order valence-corrected chi connectivity index (χ3v) is 4.64. The molecule has 0 spiro atoms. The van der Waals surface area contributed by atoms with Crippen molar-refractivity contribution in [3.05, 3.63) is 46.6 Å². The van der Waals surface area contributed by atoms with E-state index in [4.69, 9.17) is 0 Å². The molecule has 3 rings (SSSR count). The van der Waals surface area contributed by atoms with Gasteiger partial charge in [0.15, 0.2) is 5.82 Å². The van der Waals surface area contributed by atoms with Crippen molar-refractivity contribution in [2.75, 3.05) is 11.9 Å². The predicted octanol–water partition coefficient (Wildman–Crippen LogP) is 5.81. The normalized spacial score (nSPS) is 12.6. The summed E-state index contributed by atoms with van der Waals surface area (Å²) >= 11 is 1.17. The fraction of sp³-hybridized carbons (Fsp3) is 0.250. The number of alkyl halides is 6. The van der Waals surface area contributed by atoms with Crippen LogP contribution < -0.4 is 4.90 Å². The topological polar surface area (TPSA) is 29.0 Å². The molecular weight excluding hydrogens is 380 g/mol. The Hall–Kier alpha value is -2.36. The van der Waals surface area contributed by atoms with Crippen LogP contribution in [0.5, 0.6) is 0 Å². The minimum atomic E-state index is -4.77. The Kier molecular flexibility index (Phi) is 4.33. The van der Waals surface area contributed by atoms with Gasteiger partial charge in [-0.3, -0.25) is 0 Å². The summed E-state index contributed by atoms with van der Waals surface area (Å²) in [6, 6.07) is 5.81. The fourth-order valence-corrected chi connectivity index (χ4v) is 3.38. The molecule has 2 heterocycles. The summed E-state index contributed by atoms with van der Waals surface area (Å²) in [6.45, 7) is 1.70. The van der Waals surface area contributed by atoms with E-state index < -0.39 is 23.7 Å². The van der Waals surface area contributed by atoms with Crippen LogP contribution in [0.3, 0.4) is 0 Å². The van der Waals surface area contributed by atoms with Gasteiger partial charge in [-0.05, 0) is 31.2 Å². The average Bonchev–Trinajstić information content (AvgIpc) is 2.92. The number of anilines is 2. The van der Waals surface area contributed by atoms with Gasteiger partial charge in [0.05, 0.1) is 15.8 Å². The number of aryl methyl sites for hydroxylation is 1. The third kappa shape index (κ3) is 3.46. The number of nitrogens with zero attached hydrogens (tertiary/aromatic N) is 3. The second-order valence-electron chi connectivity index (χ2n) is 5.55. The van der Waals surface area contributed by atoms with Gasteiger partial charge < -0.3 is 4.90 Å². The van der Waals surface area contributed by atoms with E-state index in [1.165, 1.54) is 41.5 Å². The molecule has 3 aromatic rings. The lowest BCUT2D eigenvalue weighted by Gasteiger charge is -2.21. The zero-order chi connectivity index (χ0) is 19.3. The Morgan fingerprint density at radius 3 is 2.27 bits per heavy atom. The number of hydrogen-bond donors (Lipinski definition) is 0. The highest BCUT2D eigenvalue weighted by Crippen LogP contribution is 2.38. The largest absolute Gasteiger partial charge is 0.451 e. The molecule has 0 radical (unpaired) electrons. The van der Waals surface area contributed by atoms with Crippen molar-refractivity contribution in [1.29, 1.82) is 0 Å². The van der Waals surface area contributed by atoms with E-state index in [1.807, 2.05) is 0 Å². The molecule has 138 valence electrons. The van der Waals surface area contributed by atoms with Crippen LogP contribution in [0.4, 0.5) is 37.8 Å². The van der Waals surface area contributed by atoms with Crippen molar-refractivity contribution in [2.45, 2.75) is 19.3 Å². The molecule has 0 bridgehead atoms. The molecule has 0 saturated heterocycles. The monoisotopic (exact) mass is 391 g/mol. The molecule has 3 nitrogen and oxygen atoms in total. The Balaban J connectivity index is 2.18. The second kappa shape index (κ2) is 6.11. The molecule has 26 heavy (non-hydrogen) atoms. The zero-order valence-corrected chi connectivity index (χ0v) is 14.2. The van der Waals surface area contributed by atoms with Crippen LogP contribution >= 0.6 is 11.3 Å². The number of halogens is 6. The van der Waals surface area contributed by atoms with Gasteiger partial charge in [0.2, 0.25) is 5.82 Å². The van der Waals surface area contributed by atoms with Crippen molar-refractivity contribution in [2.24, 2.45) is 0 Å². The number of aromatic nitrogens is 2. The van der Waals surface area contributed by atoms with E-state index in [0.717, 1.165) is 12.1 Å². The first-order valence-corrected chi connectivity index (χ1v) is 8.05. The van der Waals surface area contributed by atoms with Crippen molar-refractivity contribution >= 4 is 33.1 Å². The van der Waals surface area contributed by atoms with E-state index in [2.05, 4.69) is 9.97 Å². The van der Waals surface area contributed by atoms with Crippen molar-refractivity contribution in [3.8, 4) is 0 Å². The van der Waals surface area contributed by atoms with E-state index in [9.17, 15) is 26.3 Å². The van der Waals surface area contributed by atoms with Crippen LogP contribution in [-0.4, -0.2) is 17.0 Å². The van der Waals surface area contributed by atoms with Gasteiger partial charge in [-0.15, -0.1) is 11.3 Å². The maximum Gasteiger partial charge on any atom is 0.451 e. The lowest BCUT2D eigenvalue weighted by molar-refractivity contribution is -0.144. The third-order valence-electron chi connectivity index (χ3n) is 3.61. The minimum Gasteiger partial charge on any atom is -0.328 e. The van der Waals surface area contributed by atoms with Crippen LogP contribution in [0.2, 0.25) is 0 Å². The lowest BCUT2D eigenvalue weighted by Crippen LogP contribution is -2.17. The molecule has 0 amide bonds. The molecule has 0 N–H and O–H groups in total. The number of benzene rings is 1. The summed E-state index contributed by atoms with van der Waals surface area (Å²) in [6.07, 6.45) is -9.33. The zero-order valence-electron chi connectivity index (χ0n) is 13.4. The van der Waals surface area contributed by atoms with Crippen LogP contribution in [0.25, 0.3) is 10.2 Å². The summed E-state index contributed by atoms with van der Waals surface area (Å²) < 4.78 is 78.4. The van der Waals surface area contributed by atoms with Crippen molar-refractivity contribution in [3.63, 3.8) is 0 Å². The molecule has 1 aromatic carbocycles. The van der Waals surface area contributed by atoms with Crippen LogP contribution in [-0.2, 0) is 12.4 Å². The fourth-order valence-electron chi connectivity index (χ4n) is 2.40. The molecule has 0 atom stereocenters. The van der Waals surface area contributed by atoms with Gasteiger partial charge in [-0.2, -0.15) is 26.3 Å². The highest BCUT2D eigenvalue weighted by molar-refractivity contribution is 7.19. The maximum atomic E-state index is 13.1. The minimum absolute atomic E-state index is 0.0685. The maximum absolute atomic E-state index is 13.1. The van der Waals surface area contributed by atoms with Crippen LogP contribution in [0.1, 0.15) is 16.3 Å². The Bertz CT molecular complexity index is 961. The SMILES string of the molecule is Cc1cc2nc(C(F)(F)F)nc(N(C)c3cccc(C(F)(F)F)c3)c2s1. The molecule has 0 saturated carbocycles. The molecule has 0 aliphatic carbocycles. The number of rotatable bonds is 2. The molecule has 2 aromatic heterocycles. The Labute approximate surface area is 147 Å². The lowest BCUT2D eigenvalue weighted by atomic mass is 10.2. The highest BCUT2D eigenvalue weighted by Gasteiger charge is 2.36. The second-order valence-corrected chi connectivity index (χ2v) is 6.80. The standard InChI is InChI=1S/C16H11F6N3S/c1-8-6-11-12(26-8)13(24-14(23-11)16(20,21)22)25(2)10-5-3-4-9(7-10)15(17,18)19/h3-7H,1-2H3. The number of fused-ring (bicyclic) bond motifs is 1. The van der Waals surface area contributed by atoms with Gasteiger partial charge in [-0.25, -0.2) is 9.97 Å². The molecule has 0 fully saturated rings. The molecule has 0 unspecified atom stereocenters. The van der Waals surface area contributed by atoms with E-state index >= 15 is 0 Å². The van der Waals surface area contributed by atoms with E-state index in [-0.39, 0.29) is 17.0 Å². The van der Waals surface area contributed by atoms with Gasteiger partial charge in [0, 0.05) is 17.6 Å². The summed E-state index contributed by atoms with van der Waals surface area (Å²) in [4.78, 5) is 9.02. The first kappa shape index (κ1) is 18.4. The van der Waals surface area contributed by atoms with Crippen molar-refractivity contribution in [1.82, 2.24) is 9.97 Å². The molecule has 0 aliphatic rings. The van der Waals surface area contributed by atoms with E-state index in [1.54, 1.807) is 6.92 Å². The van der Waals surface area contributed by atoms with E-state index in [0.29, 0.717) is 9.58 Å². The quantitative estimate of drug-likeness (QED) is 0.517. The van der Waals surface area contributed by atoms with Gasteiger partial charge in [0.1, 0.15) is 0 Å². The Morgan fingerprint density at radius 1 is 0.962 bits per heavy atom. The summed E-state index contributed by atoms with van der Waals surface area (Å²) in [5.41, 5.74) is -0.729. The summed E-state index contributed by atoms with van der Waals surface area (Å²) in [7, 11) is 1.37. The van der Waals surface area contributed by atoms with Crippen LogP contribution in [0.15, 0.2) is 30.3 Å². The summed E-state index contributed by atoms with van der Waals surface area (Å²) in [5, 5.41) is 0. The van der Waals surface area contributed by atoms with Gasteiger partial charge >= 0.3 is 12.4 Å². The van der Waals surface area contributed by atoms with Crippen LogP contribution in [0, 0.1) is 6.92 Å². The first-order valence-electron chi connectivity index (χ1n) is 7.23. The van der Waals surface area contributed by atoms with Gasteiger partial charge in [0.25, 0.3) is 0 Å². The molecular formula is C16H11F6N3S. The van der Waals surface area contributed by atoms with Gasteiger partial charge in [-0.1, -0.05) is 6.07 Å². The Morgan fingerprint density at radius 2 is 1.65 bits per heavy atom. The first-order chi connectivity index (χ1) is 12.0. The smallest absolute Gasteiger partial charge is 0.328 e. The highest BCUT2D eigenvalue weighted by atomic mass is 32.1. The number of hydrogen-bond acceptors (Lipinski definition) is 4. The predicted molar refractivity (Wildman–Crippen MR) is 86.7 cm³/mol. The average molecular weight is 391 g/mol. The molecule has 10 heteroatoms. The number of thiophene rings is 1.